The molecule has 0 bridgehead atoms. The van der Waals surface area contributed by atoms with Gasteiger partial charge in [0.1, 0.15) is 11.5 Å². The van der Waals surface area contributed by atoms with E-state index >= 15 is 0 Å². The molecule has 18 heavy (non-hydrogen) atoms. The molecule has 0 fully saturated rings. The molecule has 0 aliphatic carbocycles. The summed E-state index contributed by atoms with van der Waals surface area (Å²) in [4.78, 5) is 8.00. The van der Waals surface area contributed by atoms with Crippen LogP contribution in [0.25, 0.3) is 11.3 Å². The van der Waals surface area contributed by atoms with Crippen LogP contribution in [0.4, 0.5) is 4.39 Å². The van der Waals surface area contributed by atoms with Gasteiger partial charge in [-0.15, -0.1) is 0 Å². The van der Waals surface area contributed by atoms with Gasteiger partial charge in [0.25, 0.3) is 0 Å². The van der Waals surface area contributed by atoms with E-state index in [0.29, 0.717) is 32.9 Å². The molecule has 1 aromatic carbocycles. The number of benzene rings is 1. The molecule has 0 spiro atoms. The van der Waals surface area contributed by atoms with Crippen LogP contribution in [0.1, 0.15) is 12.5 Å². The van der Waals surface area contributed by atoms with E-state index in [1.54, 1.807) is 12.1 Å². The van der Waals surface area contributed by atoms with Crippen LogP contribution < -0.4 is 0 Å². The molecule has 0 aliphatic rings. The summed E-state index contributed by atoms with van der Waals surface area (Å²) < 4.78 is 14.6. The molecule has 94 valence electrons. The van der Waals surface area contributed by atoms with Crippen LogP contribution in [0.3, 0.4) is 0 Å². The number of hydrogen-bond donors (Lipinski definition) is 0. The number of nitrogens with zero attached hydrogens (tertiary/aromatic N) is 2. The first kappa shape index (κ1) is 13.7. The Morgan fingerprint density at radius 2 is 2.00 bits per heavy atom. The van der Waals surface area contributed by atoms with Gasteiger partial charge in [-0.3, -0.25) is 0 Å². The molecule has 0 saturated heterocycles. The smallest absolute Gasteiger partial charge is 0.152 e. The summed E-state index contributed by atoms with van der Waals surface area (Å²) >= 11 is 15.0. The second-order valence-electron chi connectivity index (χ2n) is 3.57. The third kappa shape index (κ3) is 2.37. The molecule has 1 heterocycles. The number of halogens is 4. The maximum absolute atomic E-state index is 14.1. The van der Waals surface area contributed by atoms with Crippen LogP contribution in [0, 0.1) is 5.82 Å². The zero-order valence-electron chi connectivity index (χ0n) is 9.35. The highest BCUT2D eigenvalue weighted by Gasteiger charge is 2.17. The van der Waals surface area contributed by atoms with Crippen molar-refractivity contribution in [3.8, 4) is 11.3 Å². The SMILES string of the molecule is CCc1c(Cl)ncnc1-c1ccc(Br)c(Cl)c1F. The third-order valence-corrected chi connectivity index (χ3v) is 4.12. The van der Waals surface area contributed by atoms with Crippen molar-refractivity contribution < 1.29 is 4.39 Å². The normalized spacial score (nSPS) is 10.7. The van der Waals surface area contributed by atoms with Crippen molar-refractivity contribution in [1.29, 1.82) is 0 Å². The Labute approximate surface area is 122 Å². The van der Waals surface area contributed by atoms with Gasteiger partial charge < -0.3 is 0 Å². The molecular formula is C12H8BrCl2FN2. The fourth-order valence-electron chi connectivity index (χ4n) is 1.65. The summed E-state index contributed by atoms with van der Waals surface area (Å²) in [6, 6.07) is 3.29. The van der Waals surface area contributed by atoms with E-state index in [2.05, 4.69) is 25.9 Å². The Morgan fingerprint density at radius 3 is 2.67 bits per heavy atom. The van der Waals surface area contributed by atoms with Gasteiger partial charge in [0.2, 0.25) is 0 Å². The van der Waals surface area contributed by atoms with E-state index < -0.39 is 5.82 Å². The second-order valence-corrected chi connectivity index (χ2v) is 5.16. The summed E-state index contributed by atoms with van der Waals surface area (Å²) in [6.07, 6.45) is 1.92. The van der Waals surface area contributed by atoms with Crippen molar-refractivity contribution in [2.24, 2.45) is 0 Å². The van der Waals surface area contributed by atoms with Gasteiger partial charge in [0, 0.05) is 15.6 Å². The summed E-state index contributed by atoms with van der Waals surface area (Å²) in [5, 5.41) is 0.366. The number of aromatic nitrogens is 2. The zero-order chi connectivity index (χ0) is 13.3. The average Bonchev–Trinajstić information content (AvgIpc) is 2.36. The van der Waals surface area contributed by atoms with Gasteiger partial charge in [-0.25, -0.2) is 14.4 Å². The first-order chi connectivity index (χ1) is 8.56. The number of hydrogen-bond acceptors (Lipinski definition) is 2. The Morgan fingerprint density at radius 1 is 1.28 bits per heavy atom. The Kier molecular flexibility index (Phi) is 4.20. The van der Waals surface area contributed by atoms with E-state index in [-0.39, 0.29) is 5.02 Å². The lowest BCUT2D eigenvalue weighted by Gasteiger charge is -2.10. The highest BCUT2D eigenvalue weighted by molar-refractivity contribution is 9.10. The van der Waals surface area contributed by atoms with E-state index in [4.69, 9.17) is 23.2 Å². The lowest BCUT2D eigenvalue weighted by molar-refractivity contribution is 0.630. The largest absolute Gasteiger partial charge is 0.236 e. The van der Waals surface area contributed by atoms with Crippen LogP contribution in [0.15, 0.2) is 22.9 Å². The van der Waals surface area contributed by atoms with Crippen molar-refractivity contribution in [2.75, 3.05) is 0 Å². The van der Waals surface area contributed by atoms with Crippen LogP contribution in [-0.2, 0) is 6.42 Å². The third-order valence-electron chi connectivity index (χ3n) is 2.54. The van der Waals surface area contributed by atoms with E-state index in [1.807, 2.05) is 6.92 Å². The molecule has 0 unspecified atom stereocenters. The van der Waals surface area contributed by atoms with Gasteiger partial charge in [0.05, 0.1) is 10.7 Å². The molecule has 6 heteroatoms. The van der Waals surface area contributed by atoms with Gasteiger partial charge in [-0.2, -0.15) is 0 Å². The fourth-order valence-corrected chi connectivity index (χ4v) is 2.38. The first-order valence-corrected chi connectivity index (χ1v) is 6.74. The van der Waals surface area contributed by atoms with Crippen molar-refractivity contribution in [2.45, 2.75) is 13.3 Å². The van der Waals surface area contributed by atoms with Gasteiger partial charge >= 0.3 is 0 Å². The van der Waals surface area contributed by atoms with Gasteiger partial charge in [-0.1, -0.05) is 30.1 Å². The lowest BCUT2D eigenvalue weighted by Crippen LogP contribution is -1.98. The molecular weight excluding hydrogens is 342 g/mol. The van der Waals surface area contributed by atoms with Crippen molar-refractivity contribution in [3.63, 3.8) is 0 Å². The Bertz CT molecular complexity index is 605. The van der Waals surface area contributed by atoms with Crippen LogP contribution in [-0.4, -0.2) is 9.97 Å². The maximum atomic E-state index is 14.1. The molecule has 0 amide bonds. The van der Waals surface area contributed by atoms with E-state index in [1.165, 1.54) is 6.33 Å². The second kappa shape index (κ2) is 5.51. The van der Waals surface area contributed by atoms with E-state index in [0.717, 1.165) is 0 Å². The minimum absolute atomic E-state index is 0.0317. The zero-order valence-corrected chi connectivity index (χ0v) is 12.4. The van der Waals surface area contributed by atoms with Gasteiger partial charge in [-0.05, 0) is 34.5 Å². The quantitative estimate of drug-likeness (QED) is 0.568. The minimum atomic E-state index is -0.518. The molecule has 0 saturated carbocycles. The summed E-state index contributed by atoms with van der Waals surface area (Å²) in [5.74, 6) is -0.518. The fraction of sp³-hybridized carbons (Fsp3) is 0.167. The highest BCUT2D eigenvalue weighted by Crippen LogP contribution is 2.34. The molecule has 0 radical (unpaired) electrons. The van der Waals surface area contributed by atoms with Crippen LogP contribution in [0.2, 0.25) is 10.2 Å². The highest BCUT2D eigenvalue weighted by atomic mass is 79.9. The summed E-state index contributed by atoms with van der Waals surface area (Å²) in [6.45, 7) is 1.91. The van der Waals surface area contributed by atoms with E-state index in [9.17, 15) is 4.39 Å². The maximum Gasteiger partial charge on any atom is 0.152 e. The molecule has 0 atom stereocenters. The Balaban J connectivity index is 2.70. The molecule has 1 aromatic heterocycles. The van der Waals surface area contributed by atoms with Crippen molar-refractivity contribution in [1.82, 2.24) is 9.97 Å². The van der Waals surface area contributed by atoms with Crippen LogP contribution >= 0.6 is 39.1 Å². The molecule has 2 rings (SSSR count). The predicted molar refractivity (Wildman–Crippen MR) is 74.5 cm³/mol. The summed E-state index contributed by atoms with van der Waals surface area (Å²) in [7, 11) is 0. The van der Waals surface area contributed by atoms with Crippen molar-refractivity contribution >= 4 is 39.1 Å². The minimum Gasteiger partial charge on any atom is -0.236 e. The molecule has 2 aromatic rings. The van der Waals surface area contributed by atoms with Crippen molar-refractivity contribution in [3.05, 3.63) is 44.5 Å². The predicted octanol–water partition coefficient (Wildman–Crippen LogP) is 4.91. The molecule has 0 N–H and O–H groups in total. The average molecular weight is 350 g/mol. The lowest BCUT2D eigenvalue weighted by atomic mass is 10.1. The topological polar surface area (TPSA) is 25.8 Å². The monoisotopic (exact) mass is 348 g/mol. The molecule has 2 nitrogen and oxygen atoms in total. The number of rotatable bonds is 2. The summed E-state index contributed by atoms with van der Waals surface area (Å²) in [5.41, 5.74) is 1.50. The Hall–Kier alpha value is -0.710. The molecule has 0 aliphatic heterocycles. The van der Waals surface area contributed by atoms with Crippen LogP contribution in [0.5, 0.6) is 0 Å². The standard InChI is InChI=1S/C12H8BrCl2FN2/c1-2-6-11(17-5-18-12(6)15)7-3-4-8(13)9(14)10(7)16/h3-5H,2H2,1H3. The van der Waals surface area contributed by atoms with Gasteiger partial charge in [0.15, 0.2) is 5.82 Å². The first-order valence-electron chi connectivity index (χ1n) is 5.19.